The molecule has 0 aromatic carbocycles. The lowest BCUT2D eigenvalue weighted by molar-refractivity contribution is -0.134. The van der Waals surface area contributed by atoms with Gasteiger partial charge in [-0.15, -0.1) is 0 Å². The number of hydrogen-bond donors (Lipinski definition) is 1. The van der Waals surface area contributed by atoms with Crippen molar-refractivity contribution in [2.45, 2.75) is 13.8 Å². The smallest absolute Gasteiger partial charge is 0.232 e. The standard InChI is InChI=1S/C14H21N5OS/c1-10(2)11(12(15)21)13(20)18-6-8-19(9-7-18)14-16-4-3-5-17-14/h3-5,10-11H,6-9H2,1-2H3,(H2,15,21). The molecule has 7 heteroatoms. The largest absolute Gasteiger partial charge is 0.393 e. The highest BCUT2D eigenvalue weighted by Crippen LogP contribution is 2.17. The number of thiocarbonyl (C=S) groups is 1. The summed E-state index contributed by atoms with van der Waals surface area (Å²) < 4.78 is 0. The molecule has 1 amide bonds. The summed E-state index contributed by atoms with van der Waals surface area (Å²) in [4.78, 5) is 25.2. The molecule has 1 atom stereocenters. The topological polar surface area (TPSA) is 75.4 Å². The molecule has 2 heterocycles. The fraction of sp³-hybridized carbons (Fsp3) is 0.571. The van der Waals surface area contributed by atoms with E-state index in [1.807, 2.05) is 18.7 Å². The summed E-state index contributed by atoms with van der Waals surface area (Å²) in [7, 11) is 0. The van der Waals surface area contributed by atoms with Crippen LogP contribution in [0.1, 0.15) is 13.8 Å². The average molecular weight is 307 g/mol. The van der Waals surface area contributed by atoms with Crippen molar-refractivity contribution in [3.05, 3.63) is 18.5 Å². The van der Waals surface area contributed by atoms with Crippen LogP contribution in [0.2, 0.25) is 0 Å². The van der Waals surface area contributed by atoms with Crippen LogP contribution >= 0.6 is 12.2 Å². The van der Waals surface area contributed by atoms with Gasteiger partial charge in [-0.25, -0.2) is 9.97 Å². The summed E-state index contributed by atoms with van der Waals surface area (Å²) in [5.74, 6) is 0.482. The van der Waals surface area contributed by atoms with E-state index in [0.29, 0.717) is 19.0 Å². The van der Waals surface area contributed by atoms with Crippen LogP contribution in [0.3, 0.4) is 0 Å². The van der Waals surface area contributed by atoms with Gasteiger partial charge in [-0.05, 0) is 12.0 Å². The molecule has 1 unspecified atom stereocenters. The maximum Gasteiger partial charge on any atom is 0.232 e. The van der Waals surface area contributed by atoms with Crippen molar-refractivity contribution in [3.8, 4) is 0 Å². The fourth-order valence-corrected chi connectivity index (χ4v) is 2.89. The number of nitrogens with two attached hydrogens (primary N) is 1. The van der Waals surface area contributed by atoms with Gasteiger partial charge in [0.2, 0.25) is 11.9 Å². The first-order valence-corrected chi connectivity index (χ1v) is 7.51. The number of aromatic nitrogens is 2. The van der Waals surface area contributed by atoms with Crippen molar-refractivity contribution in [3.63, 3.8) is 0 Å². The van der Waals surface area contributed by atoms with Crippen LogP contribution in [-0.2, 0) is 4.79 Å². The first kappa shape index (κ1) is 15.6. The van der Waals surface area contributed by atoms with Gasteiger partial charge in [0.25, 0.3) is 0 Å². The van der Waals surface area contributed by atoms with Crippen molar-refractivity contribution in [1.82, 2.24) is 14.9 Å². The molecule has 1 aromatic rings. The van der Waals surface area contributed by atoms with E-state index in [2.05, 4.69) is 14.9 Å². The number of rotatable bonds is 4. The van der Waals surface area contributed by atoms with Gasteiger partial charge in [-0.2, -0.15) is 0 Å². The van der Waals surface area contributed by atoms with E-state index >= 15 is 0 Å². The second-order valence-electron chi connectivity index (χ2n) is 5.49. The number of nitrogens with zero attached hydrogens (tertiary/aromatic N) is 4. The van der Waals surface area contributed by atoms with E-state index in [4.69, 9.17) is 18.0 Å². The minimum atomic E-state index is -0.375. The van der Waals surface area contributed by atoms with Gasteiger partial charge in [-0.3, -0.25) is 4.79 Å². The first-order chi connectivity index (χ1) is 10.0. The van der Waals surface area contributed by atoms with Crippen LogP contribution in [-0.4, -0.2) is 51.9 Å². The Morgan fingerprint density at radius 2 is 1.81 bits per heavy atom. The molecule has 2 rings (SSSR count). The Hall–Kier alpha value is -1.76. The molecule has 1 aromatic heterocycles. The third kappa shape index (κ3) is 3.66. The van der Waals surface area contributed by atoms with E-state index in [9.17, 15) is 4.79 Å². The molecule has 114 valence electrons. The molecule has 6 nitrogen and oxygen atoms in total. The minimum Gasteiger partial charge on any atom is -0.393 e. The molecule has 1 aliphatic rings. The predicted octanol–water partition coefficient (Wildman–Crippen LogP) is 0.683. The molecule has 0 aliphatic carbocycles. The number of hydrogen-bond acceptors (Lipinski definition) is 5. The van der Waals surface area contributed by atoms with E-state index in [1.165, 1.54) is 0 Å². The first-order valence-electron chi connectivity index (χ1n) is 7.10. The number of amides is 1. The minimum absolute atomic E-state index is 0.0335. The van der Waals surface area contributed by atoms with Crippen LogP contribution < -0.4 is 10.6 Å². The second-order valence-corrected chi connectivity index (χ2v) is 5.96. The highest BCUT2D eigenvalue weighted by Gasteiger charge is 2.31. The quantitative estimate of drug-likeness (QED) is 0.825. The number of anilines is 1. The Kier molecular flexibility index (Phi) is 5.06. The van der Waals surface area contributed by atoms with E-state index in [0.717, 1.165) is 13.1 Å². The lowest BCUT2D eigenvalue weighted by Gasteiger charge is -2.36. The van der Waals surface area contributed by atoms with Gasteiger partial charge in [0.15, 0.2) is 0 Å². The molecular weight excluding hydrogens is 286 g/mol. The molecule has 0 spiro atoms. The SMILES string of the molecule is CC(C)C(C(=O)N1CCN(c2ncccn2)CC1)C(N)=S. The molecule has 1 saturated heterocycles. The maximum atomic E-state index is 12.5. The Morgan fingerprint density at radius 3 is 2.29 bits per heavy atom. The summed E-state index contributed by atoms with van der Waals surface area (Å²) >= 11 is 5.04. The van der Waals surface area contributed by atoms with E-state index in [-0.39, 0.29) is 22.7 Å². The van der Waals surface area contributed by atoms with Crippen molar-refractivity contribution in [2.75, 3.05) is 31.1 Å². The molecule has 0 radical (unpaired) electrons. The Bertz CT molecular complexity index is 499. The molecule has 1 fully saturated rings. The fourth-order valence-electron chi connectivity index (χ4n) is 2.51. The predicted molar refractivity (Wildman–Crippen MR) is 85.9 cm³/mol. The molecule has 0 bridgehead atoms. The molecular formula is C14H21N5OS. The highest BCUT2D eigenvalue weighted by atomic mass is 32.1. The third-order valence-electron chi connectivity index (χ3n) is 3.67. The Labute approximate surface area is 130 Å². The van der Waals surface area contributed by atoms with Gasteiger partial charge in [0.05, 0.1) is 10.9 Å². The van der Waals surface area contributed by atoms with Crippen LogP contribution in [0.25, 0.3) is 0 Å². The zero-order chi connectivity index (χ0) is 15.4. The van der Waals surface area contributed by atoms with Crippen molar-refractivity contribution >= 4 is 29.1 Å². The maximum absolute atomic E-state index is 12.5. The van der Waals surface area contributed by atoms with Crippen LogP contribution in [0, 0.1) is 11.8 Å². The van der Waals surface area contributed by atoms with E-state index < -0.39 is 0 Å². The van der Waals surface area contributed by atoms with Crippen LogP contribution in [0.4, 0.5) is 5.95 Å². The van der Waals surface area contributed by atoms with Gasteiger partial charge < -0.3 is 15.5 Å². The molecule has 0 saturated carbocycles. The number of carbonyl (C=O) groups excluding carboxylic acids is 1. The normalized spacial score (nSPS) is 16.9. The van der Waals surface area contributed by atoms with Crippen LogP contribution in [0.15, 0.2) is 18.5 Å². The van der Waals surface area contributed by atoms with Crippen LogP contribution in [0.5, 0.6) is 0 Å². The van der Waals surface area contributed by atoms with Crippen molar-refractivity contribution < 1.29 is 4.79 Å². The van der Waals surface area contributed by atoms with Gasteiger partial charge in [0.1, 0.15) is 0 Å². The number of carbonyl (C=O) groups is 1. The molecule has 2 N–H and O–H groups in total. The van der Waals surface area contributed by atoms with Gasteiger partial charge in [0, 0.05) is 38.6 Å². The average Bonchev–Trinajstić information content (AvgIpc) is 2.47. The Balaban J connectivity index is 1.97. The zero-order valence-corrected chi connectivity index (χ0v) is 13.2. The summed E-state index contributed by atoms with van der Waals surface area (Å²) in [6.07, 6.45) is 3.45. The van der Waals surface area contributed by atoms with Crippen molar-refractivity contribution in [1.29, 1.82) is 0 Å². The summed E-state index contributed by atoms with van der Waals surface area (Å²) in [6.45, 7) is 6.66. The lowest BCUT2D eigenvalue weighted by atomic mass is 9.94. The van der Waals surface area contributed by atoms with Gasteiger partial charge >= 0.3 is 0 Å². The van der Waals surface area contributed by atoms with Crippen molar-refractivity contribution in [2.24, 2.45) is 17.6 Å². The molecule has 1 aliphatic heterocycles. The Morgan fingerprint density at radius 1 is 1.24 bits per heavy atom. The second kappa shape index (κ2) is 6.80. The monoisotopic (exact) mass is 307 g/mol. The highest BCUT2D eigenvalue weighted by molar-refractivity contribution is 7.80. The van der Waals surface area contributed by atoms with E-state index in [1.54, 1.807) is 18.5 Å². The summed E-state index contributed by atoms with van der Waals surface area (Å²) in [6, 6.07) is 1.79. The number of piperazine rings is 1. The lowest BCUT2D eigenvalue weighted by Crippen LogP contribution is -2.53. The summed E-state index contributed by atoms with van der Waals surface area (Å²) in [5, 5.41) is 0. The zero-order valence-electron chi connectivity index (χ0n) is 12.4. The third-order valence-corrected chi connectivity index (χ3v) is 3.92. The van der Waals surface area contributed by atoms with Gasteiger partial charge in [-0.1, -0.05) is 26.1 Å². The molecule has 21 heavy (non-hydrogen) atoms. The summed E-state index contributed by atoms with van der Waals surface area (Å²) in [5.41, 5.74) is 5.72.